The lowest BCUT2D eigenvalue weighted by Crippen LogP contribution is -2.32. The van der Waals surface area contributed by atoms with E-state index in [-0.39, 0.29) is 6.04 Å². The number of rotatable bonds is 6. The fourth-order valence-electron chi connectivity index (χ4n) is 3.02. The van der Waals surface area contributed by atoms with Crippen molar-refractivity contribution in [2.24, 2.45) is 11.7 Å². The summed E-state index contributed by atoms with van der Waals surface area (Å²) in [6.45, 7) is 2.08. The largest absolute Gasteiger partial charge is 0.497 e. The van der Waals surface area contributed by atoms with Crippen LogP contribution in [0.4, 0.5) is 0 Å². The summed E-state index contributed by atoms with van der Waals surface area (Å²) in [5, 5.41) is 0. The van der Waals surface area contributed by atoms with Gasteiger partial charge in [0.1, 0.15) is 5.75 Å². The van der Waals surface area contributed by atoms with Gasteiger partial charge in [0.05, 0.1) is 7.11 Å². The minimum Gasteiger partial charge on any atom is -0.497 e. The zero-order chi connectivity index (χ0) is 13.7. The van der Waals surface area contributed by atoms with Gasteiger partial charge in [-0.25, -0.2) is 0 Å². The third-order valence-electron chi connectivity index (χ3n) is 4.07. The summed E-state index contributed by atoms with van der Waals surface area (Å²) >= 11 is 0. The van der Waals surface area contributed by atoms with Gasteiger partial charge in [-0.15, -0.1) is 0 Å². The molecule has 1 aliphatic carbocycles. The number of methoxy groups -OCH3 is 1. The van der Waals surface area contributed by atoms with Crippen molar-refractivity contribution >= 4 is 0 Å². The van der Waals surface area contributed by atoms with Crippen molar-refractivity contribution in [3.05, 3.63) is 29.8 Å². The number of nitrogens with zero attached hydrogens (tertiary/aromatic N) is 1. The Hall–Kier alpha value is -1.06. The zero-order valence-electron chi connectivity index (χ0n) is 12.1. The van der Waals surface area contributed by atoms with E-state index in [2.05, 4.69) is 18.0 Å². The van der Waals surface area contributed by atoms with Crippen LogP contribution in [0.1, 0.15) is 37.3 Å². The lowest BCUT2D eigenvalue weighted by Gasteiger charge is -2.24. The van der Waals surface area contributed by atoms with Crippen LogP contribution in [0.15, 0.2) is 24.3 Å². The molecule has 19 heavy (non-hydrogen) atoms. The second-order valence-electron chi connectivity index (χ2n) is 5.75. The number of benzene rings is 1. The van der Waals surface area contributed by atoms with Crippen LogP contribution in [0.5, 0.6) is 5.75 Å². The van der Waals surface area contributed by atoms with Gasteiger partial charge >= 0.3 is 0 Å². The molecule has 1 fully saturated rings. The first-order valence-corrected chi connectivity index (χ1v) is 7.27. The number of hydrogen-bond acceptors (Lipinski definition) is 3. The van der Waals surface area contributed by atoms with Crippen molar-refractivity contribution in [1.29, 1.82) is 0 Å². The molecule has 2 rings (SSSR count). The van der Waals surface area contributed by atoms with Gasteiger partial charge in [-0.1, -0.05) is 25.0 Å². The van der Waals surface area contributed by atoms with Gasteiger partial charge in [0.15, 0.2) is 0 Å². The minimum absolute atomic E-state index is 0.0569. The summed E-state index contributed by atoms with van der Waals surface area (Å²) in [6, 6.07) is 8.13. The second kappa shape index (κ2) is 6.92. The van der Waals surface area contributed by atoms with Crippen LogP contribution in [0, 0.1) is 5.92 Å². The Morgan fingerprint density at radius 1 is 1.37 bits per heavy atom. The van der Waals surface area contributed by atoms with Crippen LogP contribution in [0.25, 0.3) is 0 Å². The van der Waals surface area contributed by atoms with Crippen molar-refractivity contribution in [2.45, 2.75) is 31.7 Å². The normalized spacial score (nSPS) is 17.9. The highest BCUT2D eigenvalue weighted by Crippen LogP contribution is 2.25. The van der Waals surface area contributed by atoms with E-state index in [0.29, 0.717) is 0 Å². The fraction of sp³-hybridized carbons (Fsp3) is 0.625. The quantitative estimate of drug-likeness (QED) is 0.856. The van der Waals surface area contributed by atoms with E-state index in [9.17, 15) is 0 Å². The number of ether oxygens (including phenoxy) is 1. The SMILES string of the molecule is COc1cccc(C(N)CN(C)CC2CCCC2)c1. The Balaban J connectivity index is 1.86. The van der Waals surface area contributed by atoms with E-state index in [4.69, 9.17) is 10.5 Å². The lowest BCUT2D eigenvalue weighted by atomic mass is 10.1. The third-order valence-corrected chi connectivity index (χ3v) is 4.07. The number of hydrogen-bond donors (Lipinski definition) is 1. The van der Waals surface area contributed by atoms with Crippen molar-refractivity contribution in [2.75, 3.05) is 27.2 Å². The highest BCUT2D eigenvalue weighted by molar-refractivity contribution is 5.30. The minimum atomic E-state index is 0.0569. The Labute approximate surface area is 116 Å². The van der Waals surface area contributed by atoms with Gasteiger partial charge in [0.25, 0.3) is 0 Å². The van der Waals surface area contributed by atoms with E-state index in [0.717, 1.165) is 23.8 Å². The van der Waals surface area contributed by atoms with E-state index >= 15 is 0 Å². The molecule has 0 saturated heterocycles. The average molecular weight is 262 g/mol. The van der Waals surface area contributed by atoms with Crippen LogP contribution >= 0.6 is 0 Å². The van der Waals surface area contributed by atoms with Crippen molar-refractivity contribution < 1.29 is 4.74 Å². The molecule has 0 bridgehead atoms. The van der Waals surface area contributed by atoms with Crippen molar-refractivity contribution in [1.82, 2.24) is 4.90 Å². The van der Waals surface area contributed by atoms with Crippen LogP contribution in [-0.2, 0) is 0 Å². The smallest absolute Gasteiger partial charge is 0.119 e. The van der Waals surface area contributed by atoms with Gasteiger partial charge in [-0.3, -0.25) is 0 Å². The molecule has 106 valence electrons. The van der Waals surface area contributed by atoms with Gasteiger partial charge in [0, 0.05) is 19.1 Å². The molecule has 3 heteroatoms. The predicted octanol–water partition coefficient (Wildman–Crippen LogP) is 2.82. The monoisotopic (exact) mass is 262 g/mol. The van der Waals surface area contributed by atoms with Crippen LogP contribution in [0.3, 0.4) is 0 Å². The van der Waals surface area contributed by atoms with Crippen LogP contribution < -0.4 is 10.5 Å². The Bertz CT molecular complexity index is 388. The summed E-state index contributed by atoms with van der Waals surface area (Å²) in [5.74, 6) is 1.76. The zero-order valence-corrected chi connectivity index (χ0v) is 12.1. The van der Waals surface area contributed by atoms with Crippen LogP contribution in [0.2, 0.25) is 0 Å². The maximum absolute atomic E-state index is 6.30. The van der Waals surface area contributed by atoms with Gasteiger partial charge in [-0.05, 0) is 43.5 Å². The number of likely N-dealkylation sites (N-methyl/N-ethyl adjacent to an activating group) is 1. The van der Waals surface area contributed by atoms with Gasteiger partial charge < -0.3 is 15.4 Å². The van der Waals surface area contributed by atoms with Gasteiger partial charge in [-0.2, -0.15) is 0 Å². The standard InChI is InChI=1S/C16H26N2O/c1-18(11-13-6-3-4-7-13)12-16(17)14-8-5-9-15(10-14)19-2/h5,8-10,13,16H,3-4,6-7,11-12,17H2,1-2H3. The van der Waals surface area contributed by atoms with E-state index in [1.165, 1.54) is 32.2 Å². The van der Waals surface area contributed by atoms with Crippen molar-refractivity contribution in [3.8, 4) is 5.75 Å². The maximum atomic E-state index is 6.30. The molecule has 1 atom stereocenters. The molecular weight excluding hydrogens is 236 g/mol. The summed E-state index contributed by atoms with van der Waals surface area (Å²) < 4.78 is 5.25. The molecule has 1 unspecified atom stereocenters. The summed E-state index contributed by atoms with van der Waals surface area (Å²) in [4.78, 5) is 2.38. The molecule has 0 aromatic heterocycles. The second-order valence-corrected chi connectivity index (χ2v) is 5.75. The maximum Gasteiger partial charge on any atom is 0.119 e. The van der Waals surface area contributed by atoms with E-state index < -0.39 is 0 Å². The predicted molar refractivity (Wildman–Crippen MR) is 79.4 cm³/mol. The Morgan fingerprint density at radius 2 is 2.11 bits per heavy atom. The van der Waals surface area contributed by atoms with E-state index in [1.54, 1.807) is 7.11 Å². The first-order chi connectivity index (χ1) is 9.19. The molecular formula is C16H26N2O. The third kappa shape index (κ3) is 4.22. The van der Waals surface area contributed by atoms with E-state index in [1.807, 2.05) is 18.2 Å². The molecule has 2 N–H and O–H groups in total. The fourth-order valence-corrected chi connectivity index (χ4v) is 3.02. The van der Waals surface area contributed by atoms with Gasteiger partial charge in [0.2, 0.25) is 0 Å². The highest BCUT2D eigenvalue weighted by Gasteiger charge is 2.18. The summed E-state index contributed by atoms with van der Waals surface area (Å²) in [5.41, 5.74) is 7.45. The molecule has 0 amide bonds. The molecule has 1 aromatic rings. The molecule has 0 aliphatic heterocycles. The summed E-state index contributed by atoms with van der Waals surface area (Å²) in [6.07, 6.45) is 5.58. The molecule has 1 aliphatic rings. The molecule has 0 spiro atoms. The molecule has 0 radical (unpaired) electrons. The molecule has 1 saturated carbocycles. The molecule has 0 heterocycles. The first kappa shape index (κ1) is 14.4. The Morgan fingerprint density at radius 3 is 2.79 bits per heavy atom. The topological polar surface area (TPSA) is 38.5 Å². The number of nitrogens with two attached hydrogens (primary N) is 1. The Kier molecular flexibility index (Phi) is 5.23. The first-order valence-electron chi connectivity index (χ1n) is 7.27. The van der Waals surface area contributed by atoms with Crippen LogP contribution in [-0.4, -0.2) is 32.1 Å². The van der Waals surface area contributed by atoms with Crippen molar-refractivity contribution in [3.63, 3.8) is 0 Å². The summed E-state index contributed by atoms with van der Waals surface area (Å²) in [7, 11) is 3.87. The lowest BCUT2D eigenvalue weighted by molar-refractivity contribution is 0.263. The molecule has 3 nitrogen and oxygen atoms in total. The average Bonchev–Trinajstić information content (AvgIpc) is 2.91. The highest BCUT2D eigenvalue weighted by atomic mass is 16.5. The molecule has 1 aromatic carbocycles.